The van der Waals surface area contributed by atoms with Gasteiger partial charge in [0, 0.05) is 23.2 Å². The highest BCUT2D eigenvalue weighted by Gasteiger charge is 2.13. The van der Waals surface area contributed by atoms with Gasteiger partial charge < -0.3 is 4.74 Å². The van der Waals surface area contributed by atoms with E-state index in [2.05, 4.69) is 9.71 Å². The smallest absolute Gasteiger partial charge is 0.240 e. The number of nitrogens with zero attached hydrogens (tertiary/aromatic N) is 1. The first kappa shape index (κ1) is 17.7. The molecule has 3 aromatic rings. The Labute approximate surface area is 151 Å². The SMILES string of the molecule is O=S(=O)(NCCCOc1cccc2cccnc12)c1cccc(Cl)c1. The van der Waals surface area contributed by atoms with E-state index in [1.165, 1.54) is 12.1 Å². The first-order valence-electron chi connectivity index (χ1n) is 7.78. The molecule has 3 rings (SSSR count). The molecule has 0 bridgehead atoms. The lowest BCUT2D eigenvalue weighted by Crippen LogP contribution is -2.25. The second-order valence-corrected chi connectivity index (χ2v) is 7.59. The van der Waals surface area contributed by atoms with E-state index in [9.17, 15) is 8.42 Å². The van der Waals surface area contributed by atoms with E-state index in [0.29, 0.717) is 23.8 Å². The number of sulfonamides is 1. The molecule has 0 fully saturated rings. The molecule has 0 aliphatic rings. The number of rotatable bonds is 7. The largest absolute Gasteiger partial charge is 0.491 e. The minimum atomic E-state index is -3.56. The highest BCUT2D eigenvalue weighted by molar-refractivity contribution is 7.89. The van der Waals surface area contributed by atoms with Crippen molar-refractivity contribution < 1.29 is 13.2 Å². The van der Waals surface area contributed by atoms with E-state index in [4.69, 9.17) is 16.3 Å². The van der Waals surface area contributed by atoms with E-state index in [0.717, 1.165) is 10.9 Å². The maximum absolute atomic E-state index is 12.2. The molecule has 130 valence electrons. The second-order valence-electron chi connectivity index (χ2n) is 5.39. The standard InChI is InChI=1S/C18H17ClN2O3S/c19-15-7-2-8-16(13-15)25(22,23)21-11-4-12-24-17-9-1-5-14-6-3-10-20-18(14)17/h1-3,5-10,13,21H,4,11-12H2. The topological polar surface area (TPSA) is 68.3 Å². The molecule has 25 heavy (non-hydrogen) atoms. The van der Waals surface area contributed by atoms with Gasteiger partial charge in [0.2, 0.25) is 10.0 Å². The van der Waals surface area contributed by atoms with Crippen molar-refractivity contribution >= 4 is 32.5 Å². The Kier molecular flexibility index (Phi) is 5.53. The molecule has 0 spiro atoms. The number of halogens is 1. The number of aromatic nitrogens is 1. The molecular weight excluding hydrogens is 360 g/mol. The molecule has 0 aliphatic carbocycles. The van der Waals surface area contributed by atoms with Crippen molar-refractivity contribution in [2.45, 2.75) is 11.3 Å². The van der Waals surface area contributed by atoms with Crippen LogP contribution < -0.4 is 9.46 Å². The summed E-state index contributed by atoms with van der Waals surface area (Å²) >= 11 is 5.83. The van der Waals surface area contributed by atoms with Crippen LogP contribution in [0.2, 0.25) is 5.02 Å². The number of nitrogens with one attached hydrogen (secondary N) is 1. The number of hydrogen-bond acceptors (Lipinski definition) is 4. The summed E-state index contributed by atoms with van der Waals surface area (Å²) in [6.07, 6.45) is 2.25. The quantitative estimate of drug-likeness (QED) is 0.639. The maximum atomic E-state index is 12.2. The molecule has 0 unspecified atom stereocenters. The van der Waals surface area contributed by atoms with Crippen molar-refractivity contribution in [3.8, 4) is 5.75 Å². The first-order valence-corrected chi connectivity index (χ1v) is 9.64. The fourth-order valence-corrected chi connectivity index (χ4v) is 3.75. The van der Waals surface area contributed by atoms with E-state index >= 15 is 0 Å². The number of hydrogen-bond donors (Lipinski definition) is 1. The Morgan fingerprint density at radius 2 is 1.88 bits per heavy atom. The van der Waals surface area contributed by atoms with Crippen molar-refractivity contribution in [3.05, 3.63) is 65.8 Å². The van der Waals surface area contributed by atoms with Gasteiger partial charge in [-0.2, -0.15) is 0 Å². The van der Waals surface area contributed by atoms with Crippen LogP contribution in [0.15, 0.2) is 65.7 Å². The van der Waals surface area contributed by atoms with Gasteiger partial charge in [-0.05, 0) is 36.8 Å². The van der Waals surface area contributed by atoms with Crippen LogP contribution in [-0.2, 0) is 10.0 Å². The maximum Gasteiger partial charge on any atom is 0.240 e. The van der Waals surface area contributed by atoms with Crippen LogP contribution in [-0.4, -0.2) is 26.6 Å². The van der Waals surface area contributed by atoms with Gasteiger partial charge in [0.05, 0.1) is 11.5 Å². The Morgan fingerprint density at radius 3 is 2.72 bits per heavy atom. The fourth-order valence-electron chi connectivity index (χ4n) is 2.37. The predicted molar refractivity (Wildman–Crippen MR) is 98.5 cm³/mol. The Bertz CT molecular complexity index is 971. The number of ether oxygens (including phenoxy) is 1. The van der Waals surface area contributed by atoms with Crippen LogP contribution in [0.25, 0.3) is 10.9 Å². The lowest BCUT2D eigenvalue weighted by molar-refractivity contribution is 0.314. The van der Waals surface area contributed by atoms with Crippen molar-refractivity contribution in [1.82, 2.24) is 9.71 Å². The summed E-state index contributed by atoms with van der Waals surface area (Å²) in [4.78, 5) is 4.47. The summed E-state index contributed by atoms with van der Waals surface area (Å²) in [5.41, 5.74) is 0.796. The molecule has 0 atom stereocenters. The minimum absolute atomic E-state index is 0.152. The molecule has 7 heteroatoms. The Balaban J connectivity index is 1.53. The zero-order chi connectivity index (χ0) is 17.7. The van der Waals surface area contributed by atoms with Crippen LogP contribution in [0.3, 0.4) is 0 Å². The van der Waals surface area contributed by atoms with Gasteiger partial charge in [0.15, 0.2) is 0 Å². The molecule has 1 N–H and O–H groups in total. The zero-order valence-electron chi connectivity index (χ0n) is 13.4. The molecule has 0 saturated heterocycles. The third kappa shape index (κ3) is 4.48. The fraction of sp³-hybridized carbons (Fsp3) is 0.167. The van der Waals surface area contributed by atoms with Crippen LogP contribution in [0.1, 0.15) is 6.42 Å². The van der Waals surface area contributed by atoms with Crippen molar-refractivity contribution in [1.29, 1.82) is 0 Å². The summed E-state index contributed by atoms with van der Waals surface area (Å²) in [5.74, 6) is 0.691. The van der Waals surface area contributed by atoms with Gasteiger partial charge in [-0.1, -0.05) is 35.9 Å². The van der Waals surface area contributed by atoms with Crippen LogP contribution >= 0.6 is 11.6 Å². The number of pyridine rings is 1. The summed E-state index contributed by atoms with van der Waals surface area (Å²) in [6.45, 7) is 0.654. The van der Waals surface area contributed by atoms with E-state index < -0.39 is 10.0 Å². The molecular formula is C18H17ClN2O3S. The Hall–Kier alpha value is -2.15. The van der Waals surface area contributed by atoms with Gasteiger partial charge in [-0.15, -0.1) is 0 Å². The van der Waals surface area contributed by atoms with Crippen LogP contribution in [0.5, 0.6) is 5.75 Å². The molecule has 0 radical (unpaired) electrons. The predicted octanol–water partition coefficient (Wildman–Crippen LogP) is 3.64. The summed E-state index contributed by atoms with van der Waals surface area (Å²) < 4.78 is 32.6. The molecule has 2 aromatic carbocycles. The molecule has 0 aliphatic heterocycles. The Morgan fingerprint density at radius 1 is 1.08 bits per heavy atom. The summed E-state index contributed by atoms with van der Waals surface area (Å²) in [7, 11) is -3.56. The molecule has 0 amide bonds. The normalized spacial score (nSPS) is 11.6. The van der Waals surface area contributed by atoms with E-state index in [1.807, 2.05) is 30.3 Å². The second kappa shape index (κ2) is 7.82. The zero-order valence-corrected chi connectivity index (χ0v) is 14.9. The summed E-state index contributed by atoms with van der Waals surface area (Å²) in [5, 5.41) is 1.39. The number of fused-ring (bicyclic) bond motifs is 1. The lowest BCUT2D eigenvalue weighted by atomic mass is 10.2. The van der Waals surface area contributed by atoms with E-state index in [1.54, 1.807) is 18.3 Å². The van der Waals surface area contributed by atoms with Gasteiger partial charge in [0.1, 0.15) is 11.3 Å². The lowest BCUT2D eigenvalue weighted by Gasteiger charge is -2.10. The van der Waals surface area contributed by atoms with Gasteiger partial charge in [0.25, 0.3) is 0 Å². The monoisotopic (exact) mass is 376 g/mol. The van der Waals surface area contributed by atoms with Crippen LogP contribution in [0.4, 0.5) is 0 Å². The minimum Gasteiger partial charge on any atom is -0.491 e. The van der Waals surface area contributed by atoms with Gasteiger partial charge >= 0.3 is 0 Å². The third-order valence-electron chi connectivity index (χ3n) is 3.57. The number of para-hydroxylation sites is 1. The summed E-state index contributed by atoms with van der Waals surface area (Å²) in [6, 6.07) is 15.7. The molecule has 1 aromatic heterocycles. The van der Waals surface area contributed by atoms with Crippen molar-refractivity contribution in [2.24, 2.45) is 0 Å². The molecule has 5 nitrogen and oxygen atoms in total. The first-order chi connectivity index (χ1) is 12.1. The number of benzene rings is 2. The van der Waals surface area contributed by atoms with Gasteiger partial charge in [-0.3, -0.25) is 4.98 Å². The van der Waals surface area contributed by atoms with Crippen molar-refractivity contribution in [3.63, 3.8) is 0 Å². The highest BCUT2D eigenvalue weighted by atomic mass is 35.5. The van der Waals surface area contributed by atoms with Crippen molar-refractivity contribution in [2.75, 3.05) is 13.2 Å². The highest BCUT2D eigenvalue weighted by Crippen LogP contribution is 2.23. The third-order valence-corrected chi connectivity index (χ3v) is 5.27. The van der Waals surface area contributed by atoms with E-state index in [-0.39, 0.29) is 11.4 Å². The average molecular weight is 377 g/mol. The average Bonchev–Trinajstić information content (AvgIpc) is 2.61. The molecule has 1 heterocycles. The van der Waals surface area contributed by atoms with Crippen LogP contribution in [0, 0.1) is 0 Å². The molecule has 0 saturated carbocycles. The van der Waals surface area contributed by atoms with Gasteiger partial charge in [-0.25, -0.2) is 13.1 Å².